The fraction of sp³-hybridized carbons (Fsp3) is 0.375. The van der Waals surface area contributed by atoms with E-state index in [0.29, 0.717) is 37.0 Å². The molecule has 1 aromatic heterocycles. The number of amides is 1. The first-order valence-electron chi connectivity index (χ1n) is 7.88. The number of rotatable bonds is 6. The van der Waals surface area contributed by atoms with Crippen molar-refractivity contribution in [2.75, 3.05) is 38.0 Å². The van der Waals surface area contributed by atoms with E-state index in [9.17, 15) is 9.18 Å². The molecule has 0 atom stereocenters. The molecule has 1 amide bonds. The molecule has 7 nitrogen and oxygen atoms in total. The molecule has 3 rings (SSSR count). The molecular weight excluding hydrogens is 311 g/mol. The van der Waals surface area contributed by atoms with Crippen LogP contribution in [0.1, 0.15) is 6.42 Å². The first-order valence-corrected chi connectivity index (χ1v) is 7.88. The molecule has 0 unspecified atom stereocenters. The van der Waals surface area contributed by atoms with Crippen LogP contribution in [0.3, 0.4) is 0 Å². The van der Waals surface area contributed by atoms with Crippen molar-refractivity contribution in [1.29, 1.82) is 0 Å². The van der Waals surface area contributed by atoms with Gasteiger partial charge in [-0.2, -0.15) is 4.98 Å². The summed E-state index contributed by atoms with van der Waals surface area (Å²) in [4.78, 5) is 25.9. The molecule has 126 valence electrons. The predicted octanol–water partition coefficient (Wildman–Crippen LogP) is 0.911. The normalized spacial score (nSPS) is 15.1. The van der Waals surface area contributed by atoms with Crippen molar-refractivity contribution >= 4 is 11.9 Å². The Balaban J connectivity index is 1.51. The number of anilines is 1. The summed E-state index contributed by atoms with van der Waals surface area (Å²) in [7, 11) is 0. The number of carbonyl (C=O) groups excluding carboxylic acids is 1. The van der Waals surface area contributed by atoms with Crippen LogP contribution < -0.4 is 10.6 Å². The molecule has 1 saturated heterocycles. The summed E-state index contributed by atoms with van der Waals surface area (Å²) in [6.07, 6.45) is 2.28. The highest BCUT2D eigenvalue weighted by molar-refractivity contribution is 5.78. The van der Waals surface area contributed by atoms with Crippen LogP contribution in [0.25, 0.3) is 11.4 Å². The number of hydrogen-bond donors (Lipinski definition) is 2. The van der Waals surface area contributed by atoms with E-state index in [1.807, 2.05) is 0 Å². The molecule has 0 bridgehead atoms. The molecule has 2 N–H and O–H groups in total. The van der Waals surface area contributed by atoms with E-state index in [1.165, 1.54) is 18.5 Å². The Morgan fingerprint density at radius 3 is 3.08 bits per heavy atom. The zero-order valence-corrected chi connectivity index (χ0v) is 13.2. The van der Waals surface area contributed by atoms with Gasteiger partial charge in [-0.3, -0.25) is 9.69 Å². The molecule has 2 aromatic rings. The quantitative estimate of drug-likeness (QED) is 0.766. The number of nitrogens with zero attached hydrogens (tertiary/aromatic N) is 4. The van der Waals surface area contributed by atoms with Crippen molar-refractivity contribution in [3.8, 4) is 11.4 Å². The number of carbonyl (C=O) groups is 1. The van der Waals surface area contributed by atoms with E-state index >= 15 is 0 Å². The van der Waals surface area contributed by atoms with Crippen molar-refractivity contribution in [3.05, 3.63) is 36.4 Å². The number of piperazine rings is 1. The highest BCUT2D eigenvalue weighted by Gasteiger charge is 2.15. The lowest BCUT2D eigenvalue weighted by Gasteiger charge is -2.26. The summed E-state index contributed by atoms with van der Waals surface area (Å²) in [5.41, 5.74) is 0.611. The van der Waals surface area contributed by atoms with Gasteiger partial charge in [0.25, 0.3) is 0 Å². The van der Waals surface area contributed by atoms with Crippen molar-refractivity contribution in [1.82, 2.24) is 25.2 Å². The molecular formula is C16H19FN6O. The first-order chi connectivity index (χ1) is 11.7. The van der Waals surface area contributed by atoms with Crippen molar-refractivity contribution in [2.45, 2.75) is 6.42 Å². The third kappa shape index (κ3) is 4.45. The molecule has 1 aliphatic heterocycles. The molecule has 8 heteroatoms. The fourth-order valence-electron chi connectivity index (χ4n) is 2.53. The molecule has 0 saturated carbocycles. The zero-order chi connectivity index (χ0) is 16.8. The summed E-state index contributed by atoms with van der Waals surface area (Å²) in [6.45, 7) is 3.56. The van der Waals surface area contributed by atoms with Crippen LogP contribution in [0.5, 0.6) is 0 Å². The molecule has 24 heavy (non-hydrogen) atoms. The van der Waals surface area contributed by atoms with Gasteiger partial charge < -0.3 is 10.6 Å². The Bertz CT molecular complexity index is 710. The first kappa shape index (κ1) is 16.3. The molecule has 0 radical (unpaired) electrons. The molecule has 0 aliphatic carbocycles. The Hall–Kier alpha value is -2.61. The maximum absolute atomic E-state index is 13.3. The van der Waals surface area contributed by atoms with E-state index in [1.54, 1.807) is 12.1 Å². The summed E-state index contributed by atoms with van der Waals surface area (Å²) >= 11 is 0. The Morgan fingerprint density at radius 1 is 1.33 bits per heavy atom. The minimum absolute atomic E-state index is 0.0754. The van der Waals surface area contributed by atoms with Gasteiger partial charge >= 0.3 is 0 Å². The number of aromatic nitrogens is 3. The molecule has 1 aliphatic rings. The van der Waals surface area contributed by atoms with Gasteiger partial charge in [0.2, 0.25) is 11.9 Å². The lowest BCUT2D eigenvalue weighted by Crippen LogP contribution is -2.47. The third-order valence-electron chi connectivity index (χ3n) is 3.71. The fourth-order valence-corrected chi connectivity index (χ4v) is 2.53. The van der Waals surface area contributed by atoms with Crippen molar-refractivity contribution in [2.24, 2.45) is 0 Å². The third-order valence-corrected chi connectivity index (χ3v) is 3.71. The average Bonchev–Trinajstić information content (AvgIpc) is 2.59. The molecule has 1 aromatic carbocycles. The van der Waals surface area contributed by atoms with Crippen LogP contribution in [0.15, 0.2) is 30.6 Å². The van der Waals surface area contributed by atoms with E-state index < -0.39 is 0 Å². The van der Waals surface area contributed by atoms with Gasteiger partial charge in [0.1, 0.15) is 12.1 Å². The van der Waals surface area contributed by atoms with Gasteiger partial charge in [-0.15, -0.1) is 0 Å². The second-order valence-electron chi connectivity index (χ2n) is 5.55. The Morgan fingerprint density at radius 2 is 2.25 bits per heavy atom. The highest BCUT2D eigenvalue weighted by atomic mass is 19.1. The highest BCUT2D eigenvalue weighted by Crippen LogP contribution is 2.16. The maximum Gasteiger partial charge on any atom is 0.234 e. The van der Waals surface area contributed by atoms with Crippen LogP contribution >= 0.6 is 0 Å². The largest absolute Gasteiger partial charge is 0.354 e. The SMILES string of the molecule is O=C1CN(CCCNc2ncnc(-c3cccc(F)c3)n2)CCN1. The van der Waals surface area contributed by atoms with E-state index in [4.69, 9.17) is 0 Å². The Kier molecular flexibility index (Phi) is 5.27. The minimum Gasteiger partial charge on any atom is -0.354 e. The minimum atomic E-state index is -0.326. The van der Waals surface area contributed by atoms with Crippen LogP contribution in [0.4, 0.5) is 10.3 Å². The lowest BCUT2D eigenvalue weighted by atomic mass is 10.2. The number of nitrogens with one attached hydrogen (secondary N) is 2. The van der Waals surface area contributed by atoms with Gasteiger partial charge in [0, 0.05) is 31.7 Å². The van der Waals surface area contributed by atoms with Crippen LogP contribution in [0, 0.1) is 5.82 Å². The summed E-state index contributed by atoms with van der Waals surface area (Å²) < 4.78 is 13.3. The van der Waals surface area contributed by atoms with Gasteiger partial charge in [-0.25, -0.2) is 14.4 Å². The molecule has 1 fully saturated rings. The lowest BCUT2D eigenvalue weighted by molar-refractivity contribution is -0.124. The van der Waals surface area contributed by atoms with Gasteiger partial charge in [-0.1, -0.05) is 12.1 Å². The van der Waals surface area contributed by atoms with Crippen molar-refractivity contribution in [3.63, 3.8) is 0 Å². The summed E-state index contributed by atoms with van der Waals surface area (Å²) in [5, 5.41) is 5.94. The average molecular weight is 330 g/mol. The predicted molar refractivity (Wildman–Crippen MR) is 87.8 cm³/mol. The molecule has 2 heterocycles. The molecule has 0 spiro atoms. The number of halogens is 1. The van der Waals surface area contributed by atoms with Crippen LogP contribution in [0.2, 0.25) is 0 Å². The smallest absolute Gasteiger partial charge is 0.234 e. The number of hydrogen-bond acceptors (Lipinski definition) is 6. The van der Waals surface area contributed by atoms with Crippen LogP contribution in [-0.2, 0) is 4.79 Å². The summed E-state index contributed by atoms with van der Waals surface area (Å²) in [5.74, 6) is 0.639. The maximum atomic E-state index is 13.3. The van der Waals surface area contributed by atoms with Crippen molar-refractivity contribution < 1.29 is 9.18 Å². The monoisotopic (exact) mass is 330 g/mol. The van der Waals surface area contributed by atoms with E-state index in [0.717, 1.165) is 19.5 Å². The van der Waals surface area contributed by atoms with Gasteiger partial charge in [0.15, 0.2) is 5.82 Å². The Labute approximate surface area is 139 Å². The van der Waals surface area contributed by atoms with Gasteiger partial charge in [-0.05, 0) is 18.6 Å². The van der Waals surface area contributed by atoms with Crippen LogP contribution in [-0.4, -0.2) is 58.5 Å². The standard InChI is InChI=1S/C16H19FN6O/c17-13-4-1-3-12(9-13)15-20-11-21-16(22-15)19-5-2-7-23-8-6-18-14(24)10-23/h1,3-4,9,11H,2,5-8,10H2,(H,18,24)(H,19,20,21,22). The van der Waals surface area contributed by atoms with E-state index in [2.05, 4.69) is 30.5 Å². The zero-order valence-electron chi connectivity index (χ0n) is 13.2. The summed E-state index contributed by atoms with van der Waals surface area (Å²) in [6, 6.07) is 6.14. The second-order valence-corrected chi connectivity index (χ2v) is 5.55. The number of benzene rings is 1. The second kappa shape index (κ2) is 7.78. The van der Waals surface area contributed by atoms with Gasteiger partial charge in [0.05, 0.1) is 6.54 Å². The van der Waals surface area contributed by atoms with E-state index in [-0.39, 0.29) is 11.7 Å². The topological polar surface area (TPSA) is 83.0 Å².